The lowest BCUT2D eigenvalue weighted by Gasteiger charge is -2.19. The number of hydrogen-bond acceptors (Lipinski definition) is 6. The molecule has 0 amide bonds. The van der Waals surface area contributed by atoms with E-state index >= 15 is 0 Å². The lowest BCUT2D eigenvalue weighted by molar-refractivity contribution is -0.198. The Kier molecular flexibility index (Phi) is 7.05. The highest BCUT2D eigenvalue weighted by atomic mass is 35.5. The summed E-state index contributed by atoms with van der Waals surface area (Å²) in [6.07, 6.45) is -2.91. The van der Waals surface area contributed by atoms with E-state index in [-0.39, 0.29) is 17.0 Å². The molecule has 1 N–H and O–H groups in total. The minimum absolute atomic E-state index is 0.0965. The molecule has 3 rings (SSSR count). The molecule has 0 fully saturated rings. The molecule has 0 aliphatic rings. The molecule has 3 aromatic rings. The lowest BCUT2D eigenvalue weighted by Crippen LogP contribution is -2.33. The first kappa shape index (κ1) is 22.5. The third-order valence-electron chi connectivity index (χ3n) is 4.00. The number of alkyl halides is 4. The number of nitriles is 1. The van der Waals surface area contributed by atoms with E-state index in [0.29, 0.717) is 16.5 Å². The molecule has 0 aliphatic carbocycles. The van der Waals surface area contributed by atoms with E-state index in [0.717, 1.165) is 5.56 Å². The first-order valence-corrected chi connectivity index (χ1v) is 10.1. The minimum Gasteiger partial charge on any atom is -0.497 e. The van der Waals surface area contributed by atoms with Crippen LogP contribution in [0.3, 0.4) is 0 Å². The normalized spacial score (nSPS) is 12.7. The number of anilines is 1. The Bertz CT molecular complexity index is 1110. The van der Waals surface area contributed by atoms with Crippen molar-refractivity contribution in [2.24, 2.45) is 0 Å². The summed E-state index contributed by atoms with van der Waals surface area (Å²) >= 11 is 6.09. The van der Waals surface area contributed by atoms with E-state index in [1.807, 2.05) is 18.2 Å². The topological polar surface area (TPSA) is 67.2 Å². The van der Waals surface area contributed by atoms with Gasteiger partial charge < -0.3 is 14.8 Å². The molecule has 0 bridgehead atoms. The zero-order valence-electron chi connectivity index (χ0n) is 16.0. The Morgan fingerprint density at radius 1 is 1.26 bits per heavy atom. The van der Waals surface area contributed by atoms with Crippen LogP contribution < -0.4 is 14.8 Å². The Morgan fingerprint density at radius 3 is 2.61 bits per heavy atom. The van der Waals surface area contributed by atoms with Gasteiger partial charge in [-0.2, -0.15) is 14.0 Å². The van der Waals surface area contributed by atoms with E-state index in [9.17, 15) is 18.4 Å². The van der Waals surface area contributed by atoms with Crippen LogP contribution in [-0.2, 0) is 0 Å². The Morgan fingerprint density at radius 2 is 1.97 bits per heavy atom. The van der Waals surface area contributed by atoms with Crippen LogP contribution in [0.1, 0.15) is 5.01 Å². The molecule has 1 heterocycles. The molecule has 10 heteroatoms. The van der Waals surface area contributed by atoms with Gasteiger partial charge in [0.1, 0.15) is 28.1 Å². The van der Waals surface area contributed by atoms with Crippen molar-refractivity contribution in [2.75, 3.05) is 12.4 Å². The molecular formula is C21H15ClF3N3O2S. The highest BCUT2D eigenvalue weighted by Gasteiger charge is 2.42. The third kappa shape index (κ3) is 5.48. The Balaban J connectivity index is 1.81. The molecule has 0 unspecified atom stereocenters. The number of hydrogen-bond donors (Lipinski definition) is 1. The second-order valence-corrected chi connectivity index (χ2v) is 7.28. The van der Waals surface area contributed by atoms with Crippen molar-refractivity contribution >= 4 is 34.2 Å². The summed E-state index contributed by atoms with van der Waals surface area (Å²) in [6.45, 7) is 0. The van der Waals surface area contributed by atoms with Crippen molar-refractivity contribution in [1.82, 2.24) is 4.98 Å². The van der Waals surface area contributed by atoms with Crippen molar-refractivity contribution in [2.45, 2.75) is 11.7 Å². The maximum Gasteiger partial charge on any atom is 0.444 e. The molecule has 0 saturated carbocycles. The average molecular weight is 466 g/mol. The summed E-state index contributed by atoms with van der Waals surface area (Å²) in [4.78, 5) is 4.45. The van der Waals surface area contributed by atoms with Crippen LogP contribution >= 0.6 is 22.9 Å². The van der Waals surface area contributed by atoms with Crippen molar-refractivity contribution in [3.63, 3.8) is 0 Å². The summed E-state index contributed by atoms with van der Waals surface area (Å²) < 4.78 is 49.4. The van der Waals surface area contributed by atoms with Crippen LogP contribution in [0.15, 0.2) is 60.1 Å². The van der Waals surface area contributed by atoms with Crippen molar-refractivity contribution in [3.8, 4) is 28.8 Å². The molecule has 0 aliphatic heterocycles. The average Bonchev–Trinajstić information content (AvgIpc) is 3.25. The quantitative estimate of drug-likeness (QED) is 0.312. The maximum atomic E-state index is 13.5. The van der Waals surface area contributed by atoms with Crippen LogP contribution in [-0.4, -0.2) is 23.8 Å². The number of allylic oxidation sites excluding steroid dienone is 1. The largest absolute Gasteiger partial charge is 0.497 e. The fourth-order valence-corrected chi connectivity index (χ4v) is 3.29. The van der Waals surface area contributed by atoms with Gasteiger partial charge in [-0.25, -0.2) is 9.37 Å². The van der Waals surface area contributed by atoms with Gasteiger partial charge in [-0.05, 0) is 36.4 Å². The van der Waals surface area contributed by atoms with E-state index in [1.54, 1.807) is 30.7 Å². The van der Waals surface area contributed by atoms with E-state index < -0.39 is 11.7 Å². The second kappa shape index (κ2) is 9.73. The number of thiazole rings is 1. The van der Waals surface area contributed by atoms with Gasteiger partial charge in [0.15, 0.2) is 0 Å². The van der Waals surface area contributed by atoms with Gasteiger partial charge in [0.25, 0.3) is 5.63 Å². The smallest absolute Gasteiger partial charge is 0.444 e. The van der Waals surface area contributed by atoms with Gasteiger partial charge in [-0.1, -0.05) is 23.7 Å². The molecule has 0 spiro atoms. The van der Waals surface area contributed by atoms with Gasteiger partial charge in [0.05, 0.1) is 18.5 Å². The Labute approximate surface area is 185 Å². The monoisotopic (exact) mass is 465 g/mol. The van der Waals surface area contributed by atoms with Crippen molar-refractivity contribution in [1.29, 1.82) is 5.26 Å². The van der Waals surface area contributed by atoms with Gasteiger partial charge in [0.2, 0.25) is 0 Å². The van der Waals surface area contributed by atoms with Gasteiger partial charge in [0, 0.05) is 17.1 Å². The summed E-state index contributed by atoms with van der Waals surface area (Å²) in [5.41, 5.74) is -1.23. The lowest BCUT2D eigenvalue weighted by atomic mass is 10.2. The van der Waals surface area contributed by atoms with Gasteiger partial charge in [-0.3, -0.25) is 0 Å². The number of nitrogens with one attached hydrogen (secondary N) is 1. The van der Waals surface area contributed by atoms with Gasteiger partial charge in [-0.15, -0.1) is 11.3 Å². The first-order chi connectivity index (χ1) is 14.8. The van der Waals surface area contributed by atoms with Crippen molar-refractivity contribution < 1.29 is 22.6 Å². The van der Waals surface area contributed by atoms with Crippen LogP contribution in [0.4, 0.5) is 18.9 Å². The third-order valence-corrected chi connectivity index (χ3v) is 5.13. The summed E-state index contributed by atoms with van der Waals surface area (Å²) in [5, 5.41) is 14.5. The predicted octanol–water partition coefficient (Wildman–Crippen LogP) is 6.30. The standard InChI is InChI=1S/C21H15ClF3N3O2S/c1-29-15-8-6-13(7-9-15)17-12-31-19(28-17)14(10-26)11-27-16-4-2-3-5-18(16)30-21(24,25)20(22)23/h2-9,11-12,20,27H,1H3/b14-11+/t20-/m0/s1. The van der Waals surface area contributed by atoms with Crippen LogP contribution in [0, 0.1) is 11.3 Å². The molecule has 2 aromatic carbocycles. The van der Waals surface area contributed by atoms with E-state index in [4.69, 9.17) is 16.3 Å². The number of methoxy groups -OCH3 is 1. The van der Waals surface area contributed by atoms with Gasteiger partial charge >= 0.3 is 6.11 Å². The fraction of sp³-hybridized carbons (Fsp3) is 0.143. The molecule has 31 heavy (non-hydrogen) atoms. The maximum absolute atomic E-state index is 13.5. The molecular weight excluding hydrogens is 451 g/mol. The number of halogens is 4. The summed E-state index contributed by atoms with van der Waals surface area (Å²) in [6, 6.07) is 15.0. The molecule has 5 nitrogen and oxygen atoms in total. The summed E-state index contributed by atoms with van der Waals surface area (Å²) in [5.74, 6) is 0.378. The number of aromatic nitrogens is 1. The van der Waals surface area contributed by atoms with Crippen molar-refractivity contribution in [3.05, 3.63) is 65.1 Å². The summed E-state index contributed by atoms with van der Waals surface area (Å²) in [7, 11) is 1.57. The van der Waals surface area contributed by atoms with Crippen LogP contribution in [0.2, 0.25) is 0 Å². The predicted molar refractivity (Wildman–Crippen MR) is 114 cm³/mol. The van der Waals surface area contributed by atoms with E-state index in [2.05, 4.69) is 15.0 Å². The molecule has 1 atom stereocenters. The zero-order chi connectivity index (χ0) is 22.4. The van der Waals surface area contributed by atoms with Crippen LogP contribution in [0.25, 0.3) is 16.8 Å². The second-order valence-electron chi connectivity index (χ2n) is 6.04. The minimum atomic E-state index is -4.22. The number of benzene rings is 2. The highest BCUT2D eigenvalue weighted by molar-refractivity contribution is 7.11. The van der Waals surface area contributed by atoms with E-state index in [1.165, 1.54) is 35.7 Å². The SMILES string of the molecule is COc1ccc(-c2csc(/C(C#N)=C/Nc3ccccc3OC(F)(F)[C@H](F)Cl)n2)cc1. The van der Waals surface area contributed by atoms with Crippen LogP contribution in [0.5, 0.6) is 11.5 Å². The fourth-order valence-electron chi connectivity index (χ4n) is 2.45. The number of nitrogens with zero attached hydrogens (tertiary/aromatic N) is 2. The zero-order valence-corrected chi connectivity index (χ0v) is 17.6. The first-order valence-electron chi connectivity index (χ1n) is 8.75. The number of rotatable bonds is 8. The highest BCUT2D eigenvalue weighted by Crippen LogP contribution is 2.34. The molecule has 1 aromatic heterocycles. The molecule has 160 valence electrons. The molecule has 0 saturated heterocycles. The number of ether oxygens (including phenoxy) is 2. The number of para-hydroxylation sites is 2. The Hall–Kier alpha value is -3.22. The molecule has 0 radical (unpaired) electrons.